The number of aryl methyl sites for hydroxylation is 3. The summed E-state index contributed by atoms with van der Waals surface area (Å²) in [5.74, 6) is 0. The number of nitrogens with zero attached hydrogens (tertiary/aromatic N) is 1. The average molecular weight is 283 g/mol. The van der Waals surface area contributed by atoms with Gasteiger partial charge in [-0.05, 0) is 44.7 Å². The maximum absolute atomic E-state index is 12.8. The van der Waals surface area contributed by atoms with E-state index in [2.05, 4.69) is 0 Å². The van der Waals surface area contributed by atoms with E-state index in [0.717, 1.165) is 29.5 Å². The Hall–Kier alpha value is -0.870. The molecule has 0 spiro atoms. The van der Waals surface area contributed by atoms with Crippen molar-refractivity contribution >= 4 is 10.0 Å². The predicted molar refractivity (Wildman–Crippen MR) is 80.0 cm³/mol. The van der Waals surface area contributed by atoms with Crippen LogP contribution in [0, 0.1) is 20.8 Å². The van der Waals surface area contributed by atoms with Crippen molar-refractivity contribution in [3.8, 4) is 0 Å². The SMILES string of the molecule is CCCN(CCC)S(=O)(=O)c1c(C)cc(C)cc1C. The van der Waals surface area contributed by atoms with Crippen molar-refractivity contribution in [3.05, 3.63) is 28.8 Å². The van der Waals surface area contributed by atoms with Crippen molar-refractivity contribution in [2.75, 3.05) is 13.1 Å². The minimum atomic E-state index is -3.37. The average Bonchev–Trinajstić information content (AvgIpc) is 2.26. The zero-order valence-electron chi connectivity index (χ0n) is 12.7. The number of hydrogen-bond acceptors (Lipinski definition) is 2. The zero-order valence-corrected chi connectivity index (χ0v) is 13.5. The molecule has 0 radical (unpaired) electrons. The fourth-order valence-corrected chi connectivity index (χ4v) is 4.59. The van der Waals surface area contributed by atoms with Crippen LogP contribution in [0.5, 0.6) is 0 Å². The Morgan fingerprint density at radius 1 is 0.947 bits per heavy atom. The molecule has 1 aromatic carbocycles. The van der Waals surface area contributed by atoms with Crippen molar-refractivity contribution in [1.29, 1.82) is 0 Å². The first kappa shape index (κ1) is 16.2. The summed E-state index contributed by atoms with van der Waals surface area (Å²) in [4.78, 5) is 0.486. The lowest BCUT2D eigenvalue weighted by Gasteiger charge is -2.23. The van der Waals surface area contributed by atoms with Crippen LogP contribution in [0.4, 0.5) is 0 Å². The highest BCUT2D eigenvalue weighted by Crippen LogP contribution is 2.25. The maximum Gasteiger partial charge on any atom is 0.243 e. The van der Waals surface area contributed by atoms with Gasteiger partial charge in [0.05, 0.1) is 4.90 Å². The third-order valence-corrected chi connectivity index (χ3v) is 5.35. The molecular formula is C15H25NO2S. The van der Waals surface area contributed by atoms with Crippen molar-refractivity contribution in [1.82, 2.24) is 4.31 Å². The molecule has 0 fully saturated rings. The van der Waals surface area contributed by atoms with Gasteiger partial charge in [-0.1, -0.05) is 31.5 Å². The van der Waals surface area contributed by atoms with Crippen molar-refractivity contribution < 1.29 is 8.42 Å². The van der Waals surface area contributed by atoms with Crippen LogP contribution in [0.2, 0.25) is 0 Å². The molecule has 0 saturated heterocycles. The molecule has 0 aliphatic rings. The lowest BCUT2D eigenvalue weighted by Crippen LogP contribution is -2.33. The summed E-state index contributed by atoms with van der Waals surface area (Å²) < 4.78 is 27.2. The van der Waals surface area contributed by atoms with E-state index >= 15 is 0 Å². The Morgan fingerprint density at radius 2 is 1.37 bits per heavy atom. The molecule has 0 atom stereocenters. The molecule has 1 rings (SSSR count). The van der Waals surface area contributed by atoms with Gasteiger partial charge in [-0.2, -0.15) is 4.31 Å². The fraction of sp³-hybridized carbons (Fsp3) is 0.600. The summed E-state index contributed by atoms with van der Waals surface area (Å²) in [5.41, 5.74) is 2.79. The Labute approximate surface area is 117 Å². The lowest BCUT2D eigenvalue weighted by atomic mass is 10.1. The molecule has 19 heavy (non-hydrogen) atoms. The molecule has 0 saturated carbocycles. The van der Waals surface area contributed by atoms with Gasteiger partial charge in [0, 0.05) is 13.1 Å². The summed E-state index contributed by atoms with van der Waals surface area (Å²) in [7, 11) is -3.37. The molecule has 0 N–H and O–H groups in total. The second kappa shape index (κ2) is 6.53. The van der Waals surface area contributed by atoms with E-state index in [-0.39, 0.29) is 0 Å². The Balaban J connectivity index is 3.33. The molecule has 1 aromatic rings. The minimum Gasteiger partial charge on any atom is -0.207 e. The Kier molecular flexibility index (Phi) is 5.56. The first-order valence-electron chi connectivity index (χ1n) is 6.92. The van der Waals surface area contributed by atoms with Gasteiger partial charge in [0.15, 0.2) is 0 Å². The van der Waals surface area contributed by atoms with Crippen LogP contribution in [0.25, 0.3) is 0 Å². The van der Waals surface area contributed by atoms with Gasteiger partial charge >= 0.3 is 0 Å². The molecule has 4 heteroatoms. The van der Waals surface area contributed by atoms with Crippen molar-refractivity contribution in [3.63, 3.8) is 0 Å². The summed E-state index contributed by atoms with van der Waals surface area (Å²) in [6, 6.07) is 3.88. The normalized spacial score (nSPS) is 12.1. The van der Waals surface area contributed by atoms with Crippen molar-refractivity contribution in [2.24, 2.45) is 0 Å². The molecule has 0 heterocycles. The molecule has 0 aliphatic heterocycles. The third-order valence-electron chi connectivity index (χ3n) is 3.15. The number of benzene rings is 1. The maximum atomic E-state index is 12.8. The smallest absolute Gasteiger partial charge is 0.207 e. The van der Waals surface area contributed by atoms with Crippen molar-refractivity contribution in [2.45, 2.75) is 52.4 Å². The molecule has 3 nitrogen and oxygen atoms in total. The van der Waals surface area contributed by atoms with Crippen LogP contribution >= 0.6 is 0 Å². The summed E-state index contributed by atoms with van der Waals surface area (Å²) in [5, 5.41) is 0. The lowest BCUT2D eigenvalue weighted by molar-refractivity contribution is 0.409. The molecule has 0 aromatic heterocycles. The number of sulfonamides is 1. The van der Waals surface area contributed by atoms with E-state index in [1.807, 2.05) is 46.8 Å². The topological polar surface area (TPSA) is 37.4 Å². The largest absolute Gasteiger partial charge is 0.243 e. The molecule has 0 aliphatic carbocycles. The standard InChI is InChI=1S/C15H25NO2S/c1-6-8-16(9-7-2)19(17,18)15-13(4)10-12(3)11-14(15)5/h10-11H,6-9H2,1-5H3. The van der Waals surface area contributed by atoms with E-state index in [4.69, 9.17) is 0 Å². The van der Waals surface area contributed by atoms with Gasteiger partial charge in [0.2, 0.25) is 10.0 Å². The number of rotatable bonds is 6. The quantitative estimate of drug-likeness (QED) is 0.802. The van der Waals surface area contributed by atoms with Gasteiger partial charge in [-0.15, -0.1) is 0 Å². The molecule has 0 bridgehead atoms. The second-order valence-corrected chi connectivity index (χ2v) is 7.01. The molecule has 108 valence electrons. The Morgan fingerprint density at radius 3 is 1.74 bits per heavy atom. The van der Waals surface area contributed by atoms with Gasteiger partial charge in [0.1, 0.15) is 0 Å². The summed E-state index contributed by atoms with van der Waals surface area (Å²) in [6.45, 7) is 10.9. The van der Waals surface area contributed by atoms with Crippen LogP contribution in [0.15, 0.2) is 17.0 Å². The van der Waals surface area contributed by atoms with E-state index in [1.165, 1.54) is 0 Å². The zero-order chi connectivity index (χ0) is 14.6. The van der Waals surface area contributed by atoms with Gasteiger partial charge in [0.25, 0.3) is 0 Å². The first-order chi connectivity index (χ1) is 8.84. The highest BCUT2D eigenvalue weighted by molar-refractivity contribution is 7.89. The first-order valence-corrected chi connectivity index (χ1v) is 8.36. The highest BCUT2D eigenvalue weighted by atomic mass is 32.2. The van der Waals surface area contributed by atoms with Gasteiger partial charge in [-0.25, -0.2) is 8.42 Å². The third kappa shape index (κ3) is 3.57. The monoisotopic (exact) mass is 283 g/mol. The van der Waals surface area contributed by atoms with E-state index < -0.39 is 10.0 Å². The second-order valence-electron chi connectivity index (χ2n) is 5.13. The highest BCUT2D eigenvalue weighted by Gasteiger charge is 2.26. The van der Waals surface area contributed by atoms with Gasteiger partial charge < -0.3 is 0 Å². The fourth-order valence-electron chi connectivity index (χ4n) is 2.55. The molecule has 0 unspecified atom stereocenters. The molecule has 0 amide bonds. The predicted octanol–water partition coefficient (Wildman–Crippen LogP) is 3.42. The van der Waals surface area contributed by atoms with Crippen LogP contribution < -0.4 is 0 Å². The Bertz CT molecular complexity index is 506. The van der Waals surface area contributed by atoms with E-state index in [0.29, 0.717) is 18.0 Å². The molecular weight excluding hydrogens is 258 g/mol. The van der Waals surface area contributed by atoms with Gasteiger partial charge in [-0.3, -0.25) is 0 Å². The number of hydrogen-bond donors (Lipinski definition) is 0. The van der Waals surface area contributed by atoms with Crippen LogP contribution in [-0.2, 0) is 10.0 Å². The van der Waals surface area contributed by atoms with Crippen LogP contribution in [-0.4, -0.2) is 25.8 Å². The minimum absolute atomic E-state index is 0.486. The van der Waals surface area contributed by atoms with E-state index in [1.54, 1.807) is 4.31 Å². The van der Waals surface area contributed by atoms with E-state index in [9.17, 15) is 8.42 Å². The summed E-state index contributed by atoms with van der Waals surface area (Å²) >= 11 is 0. The van der Waals surface area contributed by atoms with Crippen LogP contribution in [0.3, 0.4) is 0 Å². The van der Waals surface area contributed by atoms with Crippen LogP contribution in [0.1, 0.15) is 43.4 Å². The summed E-state index contributed by atoms with van der Waals surface area (Å²) in [6.07, 6.45) is 1.67.